The Morgan fingerprint density at radius 2 is 2.00 bits per heavy atom. The molecule has 1 aliphatic rings. The Morgan fingerprint density at radius 3 is 2.61 bits per heavy atom. The van der Waals surface area contributed by atoms with Crippen molar-refractivity contribution in [2.75, 3.05) is 5.32 Å². The van der Waals surface area contributed by atoms with Gasteiger partial charge in [0.25, 0.3) is 0 Å². The number of halogens is 3. The first-order chi connectivity index (χ1) is 13.2. The maximum atomic E-state index is 12.9. The average Bonchev–Trinajstić information content (AvgIpc) is 3.31. The van der Waals surface area contributed by atoms with Crippen LogP contribution in [0.5, 0.6) is 0 Å². The molecule has 2 aromatic heterocycles. The number of carboxylic acid groups (broad SMARTS) is 1. The van der Waals surface area contributed by atoms with E-state index in [1.807, 2.05) is 0 Å². The minimum Gasteiger partial charge on any atom is -0.478 e. The first-order valence-electron chi connectivity index (χ1n) is 8.85. The monoisotopic (exact) mass is 396 g/mol. The predicted molar refractivity (Wildman–Crippen MR) is 92.7 cm³/mol. The number of carbonyl (C=O) groups excluding carboxylic acids is 1. The molecule has 0 aliphatic heterocycles. The number of alkyl halides is 3. The lowest BCUT2D eigenvalue weighted by molar-refractivity contribution is -0.141. The zero-order valence-corrected chi connectivity index (χ0v) is 14.8. The van der Waals surface area contributed by atoms with Gasteiger partial charge in [-0.1, -0.05) is 25.7 Å². The van der Waals surface area contributed by atoms with E-state index in [0.717, 1.165) is 42.8 Å². The second kappa shape index (κ2) is 7.99. The van der Waals surface area contributed by atoms with Crippen LogP contribution in [0.3, 0.4) is 0 Å². The summed E-state index contributed by atoms with van der Waals surface area (Å²) in [6.45, 7) is 0. The lowest BCUT2D eigenvalue weighted by Crippen LogP contribution is -2.27. The third-order valence-electron chi connectivity index (χ3n) is 4.84. The lowest BCUT2D eigenvalue weighted by atomic mass is 9.97. The fourth-order valence-corrected chi connectivity index (χ4v) is 3.42. The minimum absolute atomic E-state index is 0.0254. The number of hydrogen-bond donors (Lipinski definition) is 2. The number of anilines is 1. The van der Waals surface area contributed by atoms with Gasteiger partial charge in [0.1, 0.15) is 11.9 Å². The number of hydrogen-bond acceptors (Lipinski definition) is 4. The molecule has 0 radical (unpaired) electrons. The molecule has 3 rings (SSSR count). The molecule has 7 nitrogen and oxygen atoms in total. The molecule has 0 aromatic carbocycles. The van der Waals surface area contributed by atoms with Crippen molar-refractivity contribution < 1.29 is 27.9 Å². The van der Waals surface area contributed by atoms with Gasteiger partial charge in [-0.05, 0) is 24.5 Å². The number of amides is 1. The van der Waals surface area contributed by atoms with Crippen molar-refractivity contribution in [3.63, 3.8) is 0 Å². The maximum absolute atomic E-state index is 12.9. The van der Waals surface area contributed by atoms with Crippen LogP contribution in [0.15, 0.2) is 30.9 Å². The molecule has 2 aromatic rings. The van der Waals surface area contributed by atoms with E-state index < -0.39 is 29.8 Å². The number of carboxylic acids is 1. The Bertz CT molecular complexity index is 860. The second-order valence-electron chi connectivity index (χ2n) is 6.83. The van der Waals surface area contributed by atoms with Gasteiger partial charge < -0.3 is 15.0 Å². The Hall–Kier alpha value is -2.91. The second-order valence-corrected chi connectivity index (χ2v) is 6.83. The number of nitrogens with zero attached hydrogens (tertiary/aromatic N) is 3. The summed E-state index contributed by atoms with van der Waals surface area (Å²) in [6, 6.07) is 1.57. The molecule has 1 atom stereocenters. The van der Waals surface area contributed by atoms with E-state index in [1.165, 1.54) is 18.3 Å². The van der Waals surface area contributed by atoms with Gasteiger partial charge in [0.2, 0.25) is 5.91 Å². The molecule has 1 amide bonds. The Balaban J connectivity index is 1.83. The highest BCUT2D eigenvalue weighted by molar-refractivity contribution is 5.94. The molecule has 2 N–H and O–H groups in total. The van der Waals surface area contributed by atoms with E-state index in [1.54, 1.807) is 0 Å². The van der Waals surface area contributed by atoms with Crippen LogP contribution < -0.4 is 5.32 Å². The van der Waals surface area contributed by atoms with Gasteiger partial charge in [0, 0.05) is 12.4 Å². The summed E-state index contributed by atoms with van der Waals surface area (Å²) >= 11 is 0. The van der Waals surface area contributed by atoms with Crippen LogP contribution in [0.4, 0.5) is 19.0 Å². The number of pyridine rings is 1. The number of rotatable bonds is 6. The number of nitrogens with one attached hydrogen (secondary N) is 1. The van der Waals surface area contributed by atoms with E-state index in [-0.39, 0.29) is 17.3 Å². The third kappa shape index (κ3) is 4.68. The number of aromatic carboxylic acids is 1. The first kappa shape index (κ1) is 19.8. The summed E-state index contributed by atoms with van der Waals surface area (Å²) in [4.78, 5) is 31.2. The first-order valence-corrected chi connectivity index (χ1v) is 8.85. The van der Waals surface area contributed by atoms with Crippen LogP contribution in [-0.2, 0) is 11.0 Å². The van der Waals surface area contributed by atoms with E-state index >= 15 is 0 Å². The van der Waals surface area contributed by atoms with Crippen LogP contribution in [-0.4, -0.2) is 31.5 Å². The van der Waals surface area contributed by atoms with Crippen molar-refractivity contribution in [2.45, 2.75) is 44.3 Å². The third-order valence-corrected chi connectivity index (χ3v) is 4.84. The van der Waals surface area contributed by atoms with E-state index in [4.69, 9.17) is 5.11 Å². The number of carbonyl (C=O) groups is 2. The minimum atomic E-state index is -4.60. The van der Waals surface area contributed by atoms with Gasteiger partial charge in [-0.3, -0.25) is 4.79 Å². The van der Waals surface area contributed by atoms with Gasteiger partial charge in [0.15, 0.2) is 5.69 Å². The quantitative estimate of drug-likeness (QED) is 0.775. The Kier molecular flexibility index (Phi) is 5.66. The SMILES string of the molecule is O=C(O)c1ccnc(NC(=O)[C@H](CC2CCCC2)n2cnc(C(F)(F)F)c2)c1. The van der Waals surface area contributed by atoms with Gasteiger partial charge >= 0.3 is 12.1 Å². The zero-order chi connectivity index (χ0) is 20.3. The highest BCUT2D eigenvalue weighted by Gasteiger charge is 2.35. The molecule has 1 saturated carbocycles. The van der Waals surface area contributed by atoms with E-state index in [0.29, 0.717) is 6.42 Å². The van der Waals surface area contributed by atoms with Crippen LogP contribution in [0.25, 0.3) is 0 Å². The summed E-state index contributed by atoms with van der Waals surface area (Å²) in [5.41, 5.74) is -1.12. The zero-order valence-electron chi connectivity index (χ0n) is 14.8. The molecule has 0 unspecified atom stereocenters. The van der Waals surface area contributed by atoms with Gasteiger partial charge in [-0.25, -0.2) is 14.8 Å². The van der Waals surface area contributed by atoms with Gasteiger partial charge in [-0.2, -0.15) is 13.2 Å². The fourth-order valence-electron chi connectivity index (χ4n) is 3.42. The topological polar surface area (TPSA) is 97.1 Å². The van der Waals surface area contributed by atoms with Gasteiger partial charge in [-0.15, -0.1) is 0 Å². The number of imidazole rings is 1. The largest absolute Gasteiger partial charge is 0.478 e. The molecule has 1 aliphatic carbocycles. The molecule has 150 valence electrons. The fraction of sp³-hybridized carbons (Fsp3) is 0.444. The van der Waals surface area contributed by atoms with Crippen molar-refractivity contribution in [1.29, 1.82) is 0 Å². The molecule has 0 spiro atoms. The molecule has 0 bridgehead atoms. The van der Waals surface area contributed by atoms with Crippen molar-refractivity contribution in [3.05, 3.63) is 42.1 Å². The van der Waals surface area contributed by atoms with Crippen LogP contribution in [0.1, 0.15) is 54.2 Å². The normalized spacial score (nSPS) is 16.1. The van der Waals surface area contributed by atoms with Gasteiger partial charge in [0.05, 0.1) is 11.9 Å². The molecule has 0 saturated heterocycles. The molecular weight excluding hydrogens is 377 g/mol. The summed E-state index contributed by atoms with van der Waals surface area (Å²) in [7, 11) is 0. The molecule has 2 heterocycles. The Morgan fingerprint density at radius 1 is 1.29 bits per heavy atom. The van der Waals surface area contributed by atoms with Crippen LogP contribution >= 0.6 is 0 Å². The van der Waals surface area contributed by atoms with E-state index in [2.05, 4.69) is 15.3 Å². The van der Waals surface area contributed by atoms with Crippen LogP contribution in [0, 0.1) is 5.92 Å². The predicted octanol–water partition coefficient (Wildman–Crippen LogP) is 3.76. The van der Waals surface area contributed by atoms with Crippen molar-refractivity contribution >= 4 is 17.7 Å². The van der Waals surface area contributed by atoms with Crippen molar-refractivity contribution in [2.24, 2.45) is 5.92 Å². The van der Waals surface area contributed by atoms with Crippen LogP contribution in [0.2, 0.25) is 0 Å². The molecule has 1 fully saturated rings. The van der Waals surface area contributed by atoms with E-state index in [9.17, 15) is 22.8 Å². The summed E-state index contributed by atoms with van der Waals surface area (Å²) in [5, 5.41) is 11.6. The molecule has 10 heteroatoms. The highest BCUT2D eigenvalue weighted by atomic mass is 19.4. The summed E-state index contributed by atoms with van der Waals surface area (Å²) in [5.74, 6) is -1.49. The van der Waals surface area contributed by atoms with Crippen molar-refractivity contribution in [1.82, 2.24) is 14.5 Å². The Labute approximate surface area is 158 Å². The van der Waals surface area contributed by atoms with Crippen molar-refractivity contribution in [3.8, 4) is 0 Å². The molecule has 28 heavy (non-hydrogen) atoms. The average molecular weight is 396 g/mol. The number of aromatic nitrogens is 3. The lowest BCUT2D eigenvalue weighted by Gasteiger charge is -2.21. The maximum Gasteiger partial charge on any atom is 0.434 e. The summed E-state index contributed by atoms with van der Waals surface area (Å²) < 4.78 is 39.9. The summed E-state index contributed by atoms with van der Waals surface area (Å²) in [6.07, 6.45) is 2.72. The smallest absolute Gasteiger partial charge is 0.434 e. The highest BCUT2D eigenvalue weighted by Crippen LogP contribution is 2.34. The molecular formula is C18H19F3N4O3. The standard InChI is InChI=1S/C18H19F3N4O3/c19-18(20,21)14-9-25(10-23-14)13(7-11-3-1-2-4-11)16(26)24-15-8-12(17(27)28)5-6-22-15/h5-6,8-11,13H,1-4,7H2,(H,27,28)(H,22,24,26)/t13-/m0/s1.